The van der Waals surface area contributed by atoms with Gasteiger partial charge >= 0.3 is 0 Å². The fraction of sp³-hybridized carbons (Fsp3) is 0.700. The Labute approximate surface area is 141 Å². The molecule has 1 saturated heterocycles. The van der Waals surface area contributed by atoms with Gasteiger partial charge in [0.15, 0.2) is 11.6 Å². The van der Waals surface area contributed by atoms with E-state index in [-0.39, 0.29) is 8.80 Å². The highest BCUT2D eigenvalue weighted by molar-refractivity contribution is 6.58. The molecule has 1 aliphatic heterocycles. The molecular formula is C20H30F2Si. The van der Waals surface area contributed by atoms with Gasteiger partial charge in [-0.25, -0.2) is 8.78 Å². The van der Waals surface area contributed by atoms with Crippen LogP contribution in [0.15, 0.2) is 18.2 Å². The van der Waals surface area contributed by atoms with Gasteiger partial charge in [0.05, 0.1) is 0 Å². The van der Waals surface area contributed by atoms with E-state index < -0.39 is 11.6 Å². The Balaban J connectivity index is 1.50. The lowest BCUT2D eigenvalue weighted by Gasteiger charge is -2.37. The van der Waals surface area contributed by atoms with Gasteiger partial charge in [0, 0.05) is 8.80 Å². The third kappa shape index (κ3) is 4.23. The highest BCUT2D eigenvalue weighted by atomic mass is 28.3. The molecule has 2 aliphatic rings. The van der Waals surface area contributed by atoms with Crippen molar-refractivity contribution in [1.29, 1.82) is 0 Å². The number of hydrogen-bond donors (Lipinski definition) is 0. The summed E-state index contributed by atoms with van der Waals surface area (Å²) in [5.41, 5.74) is 1.00. The van der Waals surface area contributed by atoms with Gasteiger partial charge in [0.2, 0.25) is 0 Å². The maximum absolute atomic E-state index is 13.4. The second-order valence-electron chi connectivity index (χ2n) is 7.85. The summed E-state index contributed by atoms with van der Waals surface area (Å²) in [6.45, 7) is 2.33. The highest BCUT2D eigenvalue weighted by Crippen LogP contribution is 2.43. The average Bonchev–Trinajstić information content (AvgIpc) is 2.59. The Morgan fingerprint density at radius 1 is 0.913 bits per heavy atom. The number of benzene rings is 1. The van der Waals surface area contributed by atoms with Crippen LogP contribution < -0.4 is 0 Å². The van der Waals surface area contributed by atoms with Gasteiger partial charge in [0.1, 0.15) is 0 Å². The number of rotatable bonds is 4. The Bertz CT molecular complexity index is 500. The van der Waals surface area contributed by atoms with E-state index in [2.05, 4.69) is 6.92 Å². The maximum atomic E-state index is 13.4. The predicted octanol–water partition coefficient (Wildman–Crippen LogP) is 6.29. The molecule has 1 aromatic rings. The smallest absolute Gasteiger partial charge is 0.159 e. The van der Waals surface area contributed by atoms with E-state index in [1.54, 1.807) is 24.2 Å². The van der Waals surface area contributed by atoms with Crippen molar-refractivity contribution in [3.63, 3.8) is 0 Å². The third-order valence-corrected chi connectivity index (χ3v) is 10.1. The maximum Gasteiger partial charge on any atom is 0.159 e. The molecule has 1 saturated carbocycles. The number of halogens is 2. The van der Waals surface area contributed by atoms with Crippen LogP contribution in [0, 0.1) is 23.5 Å². The van der Waals surface area contributed by atoms with Crippen LogP contribution in [-0.4, -0.2) is 8.80 Å². The first-order chi connectivity index (χ1) is 11.2. The monoisotopic (exact) mass is 336 g/mol. The predicted molar refractivity (Wildman–Crippen MR) is 95.6 cm³/mol. The lowest BCUT2D eigenvalue weighted by Crippen LogP contribution is -2.28. The molecule has 0 unspecified atom stereocenters. The topological polar surface area (TPSA) is 0 Å². The third-order valence-electron chi connectivity index (χ3n) is 6.44. The fourth-order valence-electron chi connectivity index (χ4n) is 5.05. The molecule has 23 heavy (non-hydrogen) atoms. The minimum Gasteiger partial charge on any atom is -0.204 e. The summed E-state index contributed by atoms with van der Waals surface area (Å²) >= 11 is 0. The van der Waals surface area contributed by atoms with Crippen molar-refractivity contribution in [1.82, 2.24) is 0 Å². The van der Waals surface area contributed by atoms with Crippen molar-refractivity contribution < 1.29 is 8.78 Å². The minimum atomic E-state index is -0.726. The molecule has 3 heteroatoms. The van der Waals surface area contributed by atoms with Crippen LogP contribution in [0.25, 0.3) is 0 Å². The van der Waals surface area contributed by atoms with Crippen molar-refractivity contribution in [2.24, 2.45) is 11.8 Å². The van der Waals surface area contributed by atoms with E-state index in [9.17, 15) is 8.78 Å². The molecule has 0 nitrogen and oxygen atoms in total. The highest BCUT2D eigenvalue weighted by Gasteiger charge is 2.31. The summed E-state index contributed by atoms with van der Waals surface area (Å²) in [7, 11) is -0.368. The van der Waals surface area contributed by atoms with Crippen LogP contribution in [0.1, 0.15) is 63.4 Å². The lowest BCUT2D eigenvalue weighted by molar-refractivity contribution is 0.216. The number of hydrogen-bond acceptors (Lipinski definition) is 0. The first-order valence-corrected chi connectivity index (χ1v) is 12.1. The van der Waals surface area contributed by atoms with Gasteiger partial charge in [-0.1, -0.05) is 50.4 Å². The van der Waals surface area contributed by atoms with Crippen molar-refractivity contribution in [3.05, 3.63) is 35.4 Å². The largest absolute Gasteiger partial charge is 0.204 e. The van der Waals surface area contributed by atoms with Gasteiger partial charge < -0.3 is 0 Å². The van der Waals surface area contributed by atoms with Gasteiger partial charge in [-0.05, 0) is 61.1 Å². The van der Waals surface area contributed by atoms with E-state index in [1.807, 2.05) is 0 Å². The SMILES string of the molecule is CCC[Si@H]1CC[C@H]([C@H]2CC[C@H](c3ccc(F)c(F)c3)CC2)CC1. The normalized spacial score (nSPS) is 32.0. The van der Waals surface area contributed by atoms with E-state index in [0.717, 1.165) is 30.2 Å². The molecule has 2 fully saturated rings. The molecular weight excluding hydrogens is 306 g/mol. The van der Waals surface area contributed by atoms with Crippen molar-refractivity contribution >= 4 is 8.80 Å². The molecule has 0 amide bonds. The van der Waals surface area contributed by atoms with E-state index in [4.69, 9.17) is 0 Å². The molecule has 1 aliphatic carbocycles. The van der Waals surface area contributed by atoms with Crippen LogP contribution in [0.5, 0.6) is 0 Å². The quantitative estimate of drug-likeness (QED) is 0.567. The standard InChI is InChI=1S/C20H30F2Si/c1-2-11-23-12-9-17(10-13-23)15-3-5-16(6-4-15)18-7-8-19(21)20(22)14-18/h7-8,14-17,23H,2-6,9-13H2,1H3/t15-,16-,17-,23-. The van der Waals surface area contributed by atoms with Crippen LogP contribution in [0.2, 0.25) is 18.1 Å². The lowest BCUT2D eigenvalue weighted by atomic mass is 9.72. The van der Waals surface area contributed by atoms with Crippen molar-refractivity contribution in [3.8, 4) is 0 Å². The molecule has 0 N–H and O–H groups in total. The summed E-state index contributed by atoms with van der Waals surface area (Å²) in [5.74, 6) is 0.876. The zero-order valence-corrected chi connectivity index (χ0v) is 15.5. The minimum absolute atomic E-state index is 0.368. The zero-order valence-electron chi connectivity index (χ0n) is 14.4. The Morgan fingerprint density at radius 3 is 2.17 bits per heavy atom. The Kier molecular flexibility index (Phi) is 5.89. The van der Waals surface area contributed by atoms with Gasteiger partial charge in [0.25, 0.3) is 0 Å². The summed E-state index contributed by atoms with van der Waals surface area (Å²) in [5, 5.41) is 0. The van der Waals surface area contributed by atoms with E-state index in [1.165, 1.54) is 44.2 Å². The van der Waals surface area contributed by atoms with Crippen molar-refractivity contribution in [2.75, 3.05) is 0 Å². The van der Waals surface area contributed by atoms with Gasteiger partial charge in [-0.3, -0.25) is 0 Å². The van der Waals surface area contributed by atoms with E-state index in [0.29, 0.717) is 5.92 Å². The van der Waals surface area contributed by atoms with Gasteiger partial charge in [-0.15, -0.1) is 0 Å². The fourth-order valence-corrected chi connectivity index (χ4v) is 8.53. The summed E-state index contributed by atoms with van der Waals surface area (Å²) in [6.07, 6.45) is 9.24. The first kappa shape index (κ1) is 17.1. The molecule has 0 spiro atoms. The molecule has 0 radical (unpaired) electrons. The molecule has 0 aromatic heterocycles. The summed E-state index contributed by atoms with van der Waals surface area (Å²) in [6, 6.07) is 9.18. The molecule has 0 atom stereocenters. The first-order valence-electron chi connectivity index (χ1n) is 9.62. The van der Waals surface area contributed by atoms with Crippen LogP contribution >= 0.6 is 0 Å². The molecule has 128 valence electrons. The van der Waals surface area contributed by atoms with Crippen molar-refractivity contribution in [2.45, 2.75) is 75.9 Å². The summed E-state index contributed by atoms with van der Waals surface area (Å²) in [4.78, 5) is 0. The van der Waals surface area contributed by atoms with E-state index >= 15 is 0 Å². The molecule has 1 aromatic carbocycles. The summed E-state index contributed by atoms with van der Waals surface area (Å²) < 4.78 is 26.5. The molecule has 0 bridgehead atoms. The zero-order chi connectivity index (χ0) is 16.2. The van der Waals surface area contributed by atoms with Crippen LogP contribution in [0.3, 0.4) is 0 Å². The Hall–Kier alpha value is -0.703. The van der Waals surface area contributed by atoms with Crippen LogP contribution in [-0.2, 0) is 0 Å². The van der Waals surface area contributed by atoms with Crippen LogP contribution in [0.4, 0.5) is 8.78 Å². The van der Waals surface area contributed by atoms with Gasteiger partial charge in [-0.2, -0.15) is 0 Å². The molecule has 1 heterocycles. The second kappa shape index (κ2) is 7.91. The Morgan fingerprint density at radius 2 is 1.57 bits per heavy atom. The second-order valence-corrected chi connectivity index (χ2v) is 11.3. The molecule has 3 rings (SSSR count). The average molecular weight is 337 g/mol.